The lowest BCUT2D eigenvalue weighted by atomic mass is 9.93. The van der Waals surface area contributed by atoms with E-state index in [1.165, 1.54) is 0 Å². The second-order valence-corrected chi connectivity index (χ2v) is 6.66. The number of aliphatic hydroxyl groups excluding tert-OH is 1. The molecule has 1 fully saturated rings. The first-order valence-electron chi connectivity index (χ1n) is 8.89. The van der Waals surface area contributed by atoms with E-state index in [4.69, 9.17) is 0 Å². The molecule has 25 heavy (non-hydrogen) atoms. The van der Waals surface area contributed by atoms with Gasteiger partial charge in [-0.15, -0.1) is 0 Å². The highest BCUT2D eigenvalue weighted by Gasteiger charge is 2.24. The Labute approximate surface area is 148 Å². The molecule has 5 heteroatoms. The number of carbonyl (C=O) groups excluding carboxylic acids is 1. The maximum absolute atomic E-state index is 12.2. The van der Waals surface area contributed by atoms with Gasteiger partial charge in [0.05, 0.1) is 18.2 Å². The summed E-state index contributed by atoms with van der Waals surface area (Å²) >= 11 is 0. The predicted octanol–water partition coefficient (Wildman–Crippen LogP) is 3.41. The van der Waals surface area contributed by atoms with Crippen molar-refractivity contribution in [3.05, 3.63) is 54.4 Å². The average molecular weight is 339 g/mol. The maximum Gasteiger partial charge on any atom is 0.315 e. The quantitative estimate of drug-likeness (QED) is 0.799. The van der Waals surface area contributed by atoms with Gasteiger partial charge in [-0.05, 0) is 42.5 Å². The molecule has 2 amide bonds. The van der Waals surface area contributed by atoms with Gasteiger partial charge < -0.3 is 15.7 Å². The summed E-state index contributed by atoms with van der Waals surface area (Å²) < 4.78 is 0. The Hall–Kier alpha value is -2.40. The van der Waals surface area contributed by atoms with Crippen LogP contribution in [0.25, 0.3) is 11.1 Å². The fraction of sp³-hybridized carbons (Fsp3) is 0.400. The Balaban J connectivity index is 1.57. The molecule has 2 aromatic rings. The summed E-state index contributed by atoms with van der Waals surface area (Å²) in [5.41, 5.74) is 3.20. The van der Waals surface area contributed by atoms with Gasteiger partial charge in [0.2, 0.25) is 0 Å². The third-order valence-corrected chi connectivity index (χ3v) is 4.80. The minimum Gasteiger partial charge on any atom is -0.391 e. The Bertz CT molecular complexity index is 688. The van der Waals surface area contributed by atoms with Crippen LogP contribution in [0.3, 0.4) is 0 Å². The van der Waals surface area contributed by atoms with Gasteiger partial charge in [-0.1, -0.05) is 43.2 Å². The smallest absolute Gasteiger partial charge is 0.315 e. The Morgan fingerprint density at radius 2 is 1.92 bits per heavy atom. The van der Waals surface area contributed by atoms with Gasteiger partial charge in [-0.3, -0.25) is 4.98 Å². The van der Waals surface area contributed by atoms with E-state index in [-0.39, 0.29) is 18.1 Å². The maximum atomic E-state index is 12.2. The molecule has 1 aromatic heterocycles. The van der Waals surface area contributed by atoms with Crippen molar-refractivity contribution in [2.75, 3.05) is 0 Å². The fourth-order valence-electron chi connectivity index (χ4n) is 3.27. The second-order valence-electron chi connectivity index (χ2n) is 6.66. The number of pyridine rings is 1. The van der Waals surface area contributed by atoms with E-state index in [2.05, 4.69) is 15.6 Å². The lowest BCUT2D eigenvalue weighted by molar-refractivity contribution is 0.0941. The zero-order valence-corrected chi connectivity index (χ0v) is 14.5. The fourth-order valence-corrected chi connectivity index (χ4v) is 3.27. The number of urea groups is 1. The van der Waals surface area contributed by atoms with Crippen molar-refractivity contribution >= 4 is 6.03 Å². The third-order valence-electron chi connectivity index (χ3n) is 4.80. The van der Waals surface area contributed by atoms with Crippen molar-refractivity contribution < 1.29 is 9.90 Å². The minimum atomic E-state index is -0.437. The van der Waals surface area contributed by atoms with E-state index < -0.39 is 6.10 Å². The van der Waals surface area contributed by atoms with Crippen molar-refractivity contribution in [3.63, 3.8) is 0 Å². The molecule has 0 unspecified atom stereocenters. The number of amides is 2. The zero-order valence-electron chi connectivity index (χ0n) is 14.5. The average Bonchev–Trinajstić information content (AvgIpc) is 2.64. The first-order valence-corrected chi connectivity index (χ1v) is 8.89. The van der Waals surface area contributed by atoms with Crippen LogP contribution in [0.2, 0.25) is 0 Å². The van der Waals surface area contributed by atoms with Gasteiger partial charge in [0.25, 0.3) is 0 Å². The molecule has 0 spiro atoms. The molecule has 0 bridgehead atoms. The van der Waals surface area contributed by atoms with E-state index in [0.717, 1.165) is 42.4 Å². The molecule has 0 radical (unpaired) electrons. The summed E-state index contributed by atoms with van der Waals surface area (Å²) in [4.78, 5) is 16.3. The van der Waals surface area contributed by atoms with Crippen LogP contribution in [-0.2, 0) is 0 Å². The van der Waals surface area contributed by atoms with Crippen molar-refractivity contribution in [3.8, 4) is 11.1 Å². The summed E-state index contributed by atoms with van der Waals surface area (Å²) in [5, 5.41) is 15.8. The van der Waals surface area contributed by atoms with Crippen LogP contribution in [0.4, 0.5) is 4.79 Å². The predicted molar refractivity (Wildman–Crippen MR) is 98.0 cm³/mol. The van der Waals surface area contributed by atoms with Crippen molar-refractivity contribution in [1.29, 1.82) is 0 Å². The Morgan fingerprint density at radius 3 is 2.60 bits per heavy atom. The van der Waals surface area contributed by atoms with Gasteiger partial charge in [0, 0.05) is 12.4 Å². The number of benzene rings is 1. The number of nitrogens with one attached hydrogen (secondary N) is 2. The van der Waals surface area contributed by atoms with Crippen LogP contribution in [0.15, 0.2) is 48.8 Å². The molecule has 5 nitrogen and oxygen atoms in total. The van der Waals surface area contributed by atoms with Crippen LogP contribution in [0.5, 0.6) is 0 Å². The number of rotatable bonds is 4. The van der Waals surface area contributed by atoms with Crippen LogP contribution in [-0.4, -0.2) is 28.3 Å². The lowest BCUT2D eigenvalue weighted by Gasteiger charge is -2.29. The molecule has 0 aliphatic heterocycles. The Kier molecular flexibility index (Phi) is 5.66. The largest absolute Gasteiger partial charge is 0.391 e. The third kappa shape index (κ3) is 4.57. The summed E-state index contributed by atoms with van der Waals surface area (Å²) in [6.45, 7) is 1.95. The van der Waals surface area contributed by atoms with Crippen molar-refractivity contribution in [2.45, 2.75) is 50.8 Å². The molecule has 1 aliphatic carbocycles. The molecule has 1 aliphatic rings. The molecule has 1 aromatic carbocycles. The van der Waals surface area contributed by atoms with Crippen LogP contribution < -0.4 is 10.6 Å². The van der Waals surface area contributed by atoms with Gasteiger partial charge in [0.15, 0.2) is 0 Å². The number of aliphatic hydroxyl groups is 1. The molecular formula is C20H25N3O2. The second kappa shape index (κ2) is 8.12. The summed E-state index contributed by atoms with van der Waals surface area (Å²) in [7, 11) is 0. The highest BCUT2D eigenvalue weighted by Crippen LogP contribution is 2.21. The molecule has 0 saturated heterocycles. The highest BCUT2D eigenvalue weighted by molar-refractivity contribution is 5.75. The molecular weight excluding hydrogens is 314 g/mol. The minimum absolute atomic E-state index is 0.108. The van der Waals surface area contributed by atoms with E-state index >= 15 is 0 Å². The van der Waals surface area contributed by atoms with Gasteiger partial charge >= 0.3 is 6.03 Å². The monoisotopic (exact) mass is 339 g/mol. The van der Waals surface area contributed by atoms with Crippen LogP contribution in [0, 0.1) is 0 Å². The summed E-state index contributed by atoms with van der Waals surface area (Å²) in [6, 6.07) is 11.6. The zero-order chi connectivity index (χ0) is 17.6. The number of carbonyl (C=O) groups is 1. The van der Waals surface area contributed by atoms with Crippen LogP contribution >= 0.6 is 0 Å². The molecule has 1 saturated carbocycles. The number of nitrogens with zero attached hydrogens (tertiary/aromatic N) is 1. The Morgan fingerprint density at radius 1 is 1.16 bits per heavy atom. The van der Waals surface area contributed by atoms with E-state index in [9.17, 15) is 9.90 Å². The molecule has 132 valence electrons. The van der Waals surface area contributed by atoms with Gasteiger partial charge in [0.1, 0.15) is 0 Å². The molecule has 3 rings (SSSR count). The SMILES string of the molecule is C[C@H](NC(=O)N[C@H]1CCCC[C@H]1O)c1ccc(-c2cccnc2)cc1. The number of aromatic nitrogens is 1. The van der Waals surface area contributed by atoms with Gasteiger partial charge in [-0.25, -0.2) is 4.79 Å². The molecule has 3 atom stereocenters. The van der Waals surface area contributed by atoms with Crippen molar-refractivity contribution in [2.24, 2.45) is 0 Å². The number of hydrogen-bond donors (Lipinski definition) is 3. The lowest BCUT2D eigenvalue weighted by Crippen LogP contribution is -2.49. The van der Waals surface area contributed by atoms with Crippen LogP contribution in [0.1, 0.15) is 44.2 Å². The van der Waals surface area contributed by atoms with Gasteiger partial charge in [-0.2, -0.15) is 0 Å². The summed E-state index contributed by atoms with van der Waals surface area (Å²) in [6.07, 6.45) is 6.83. The molecule has 3 N–H and O–H groups in total. The topological polar surface area (TPSA) is 74.2 Å². The van der Waals surface area contributed by atoms with E-state index in [1.54, 1.807) is 6.20 Å². The first kappa shape index (κ1) is 17.4. The molecule has 1 heterocycles. The standard InChI is InChI=1S/C20H25N3O2/c1-14(22-20(25)23-18-6-2-3-7-19(18)24)15-8-10-16(11-9-15)17-5-4-12-21-13-17/h4-5,8-14,18-19,24H,2-3,6-7H2,1H3,(H2,22,23,25)/t14-,18-,19+/m0/s1. The normalized spacial score (nSPS) is 21.4. The number of hydrogen-bond acceptors (Lipinski definition) is 3. The highest BCUT2D eigenvalue weighted by atomic mass is 16.3. The van der Waals surface area contributed by atoms with Crippen molar-refractivity contribution in [1.82, 2.24) is 15.6 Å². The van der Waals surface area contributed by atoms with E-state index in [0.29, 0.717) is 0 Å². The van der Waals surface area contributed by atoms with E-state index in [1.807, 2.05) is 49.5 Å². The first-order chi connectivity index (χ1) is 12.1. The summed E-state index contributed by atoms with van der Waals surface area (Å²) in [5.74, 6) is 0.